The zero-order valence-corrected chi connectivity index (χ0v) is 11.8. The molecule has 1 aliphatic rings. The van der Waals surface area contributed by atoms with E-state index in [-0.39, 0.29) is 18.9 Å². The molecular formula is C12H11N2O3S2-. The third-order valence-electron chi connectivity index (χ3n) is 2.57. The number of carbonyl (C=O) groups is 2. The number of carbonyl (C=O) groups excluding carboxylic acids is 2. The van der Waals surface area contributed by atoms with Crippen molar-refractivity contribution < 1.29 is 14.7 Å². The first kappa shape index (κ1) is 13.8. The third kappa shape index (κ3) is 3.24. The molecule has 2 rings (SSSR count). The van der Waals surface area contributed by atoms with E-state index in [1.165, 1.54) is 16.7 Å². The van der Waals surface area contributed by atoms with E-state index in [9.17, 15) is 14.7 Å². The van der Waals surface area contributed by atoms with Crippen molar-refractivity contribution in [3.63, 3.8) is 0 Å². The molecule has 1 aromatic heterocycles. The van der Waals surface area contributed by atoms with Gasteiger partial charge in [-0.3, -0.25) is 9.69 Å². The standard InChI is InChI=1S/C12H12N2O3S2/c1-13-4-2-8(7-13)6-9-11(17)14(12(18)19-9)5-3-10(15)16/h2,4,6-7H,3,5H2,1H3,(H,15,16)/p-1/b9-6+. The Balaban J connectivity index is 2.13. The van der Waals surface area contributed by atoms with E-state index in [2.05, 4.69) is 0 Å². The van der Waals surface area contributed by atoms with Crippen molar-refractivity contribution in [3.05, 3.63) is 28.9 Å². The van der Waals surface area contributed by atoms with Crippen LogP contribution in [0.25, 0.3) is 6.08 Å². The highest BCUT2D eigenvalue weighted by atomic mass is 32.2. The minimum Gasteiger partial charge on any atom is -0.550 e. The van der Waals surface area contributed by atoms with Crippen LogP contribution in [0.1, 0.15) is 12.0 Å². The van der Waals surface area contributed by atoms with Crippen LogP contribution in [0.3, 0.4) is 0 Å². The molecule has 5 nitrogen and oxygen atoms in total. The molecule has 7 heteroatoms. The van der Waals surface area contributed by atoms with Crippen molar-refractivity contribution in [1.29, 1.82) is 0 Å². The molecule has 0 aliphatic carbocycles. The Kier molecular flexibility index (Phi) is 4.06. The molecule has 1 fully saturated rings. The van der Waals surface area contributed by atoms with Crippen LogP contribution in [0.5, 0.6) is 0 Å². The lowest BCUT2D eigenvalue weighted by atomic mass is 10.3. The summed E-state index contributed by atoms with van der Waals surface area (Å²) in [7, 11) is 1.89. The van der Waals surface area contributed by atoms with E-state index in [0.717, 1.165) is 5.56 Å². The number of nitrogens with zero attached hydrogens (tertiary/aromatic N) is 2. The fourth-order valence-corrected chi connectivity index (χ4v) is 2.97. The summed E-state index contributed by atoms with van der Waals surface area (Å²) < 4.78 is 2.26. The number of rotatable bonds is 4. The molecule has 0 atom stereocenters. The molecule has 0 aromatic carbocycles. The van der Waals surface area contributed by atoms with Crippen LogP contribution in [0.15, 0.2) is 23.4 Å². The lowest BCUT2D eigenvalue weighted by Gasteiger charge is -2.14. The summed E-state index contributed by atoms with van der Waals surface area (Å²) in [6.07, 6.45) is 5.29. The van der Waals surface area contributed by atoms with Gasteiger partial charge in [0, 0.05) is 38.4 Å². The van der Waals surface area contributed by atoms with Gasteiger partial charge < -0.3 is 14.5 Å². The molecule has 0 bridgehead atoms. The van der Waals surface area contributed by atoms with E-state index in [0.29, 0.717) is 9.23 Å². The zero-order chi connectivity index (χ0) is 14.0. The molecular weight excluding hydrogens is 284 g/mol. The van der Waals surface area contributed by atoms with Crippen LogP contribution in [-0.4, -0.2) is 32.2 Å². The highest BCUT2D eigenvalue weighted by Gasteiger charge is 2.31. The van der Waals surface area contributed by atoms with E-state index in [1.54, 1.807) is 6.08 Å². The Morgan fingerprint density at radius 1 is 1.58 bits per heavy atom. The van der Waals surface area contributed by atoms with Gasteiger partial charge in [0.05, 0.1) is 4.91 Å². The lowest BCUT2D eigenvalue weighted by molar-refractivity contribution is -0.305. The van der Waals surface area contributed by atoms with E-state index < -0.39 is 5.97 Å². The topological polar surface area (TPSA) is 65.4 Å². The maximum atomic E-state index is 12.1. The normalized spacial score (nSPS) is 17.5. The summed E-state index contributed by atoms with van der Waals surface area (Å²) >= 11 is 6.26. The fraction of sp³-hybridized carbons (Fsp3) is 0.250. The molecule has 0 N–H and O–H groups in total. The van der Waals surface area contributed by atoms with Crippen molar-refractivity contribution in [2.24, 2.45) is 7.05 Å². The number of thiocarbonyl (C=S) groups is 1. The second kappa shape index (κ2) is 5.58. The Hall–Kier alpha value is -1.60. The summed E-state index contributed by atoms with van der Waals surface area (Å²) in [4.78, 5) is 24.3. The summed E-state index contributed by atoms with van der Waals surface area (Å²) in [6, 6.07) is 1.88. The minimum atomic E-state index is -1.19. The predicted octanol–water partition coefficient (Wildman–Crippen LogP) is 0.366. The average Bonchev–Trinajstić information content (AvgIpc) is 2.83. The van der Waals surface area contributed by atoms with Gasteiger partial charge in [0.2, 0.25) is 0 Å². The average molecular weight is 295 g/mol. The van der Waals surface area contributed by atoms with Gasteiger partial charge in [0.15, 0.2) is 0 Å². The number of aryl methyl sites for hydroxylation is 1. The van der Waals surface area contributed by atoms with Crippen molar-refractivity contribution in [2.75, 3.05) is 6.54 Å². The Morgan fingerprint density at radius 3 is 2.89 bits per heavy atom. The first-order valence-electron chi connectivity index (χ1n) is 5.54. The van der Waals surface area contributed by atoms with Gasteiger partial charge in [-0.25, -0.2) is 0 Å². The maximum Gasteiger partial charge on any atom is 0.266 e. The largest absolute Gasteiger partial charge is 0.550 e. The first-order valence-corrected chi connectivity index (χ1v) is 6.77. The highest BCUT2D eigenvalue weighted by molar-refractivity contribution is 8.26. The molecule has 1 amide bonds. The number of amides is 1. The summed E-state index contributed by atoms with van der Waals surface area (Å²) in [5, 5.41) is 10.4. The number of aliphatic carboxylic acids is 1. The molecule has 1 aliphatic heterocycles. The van der Waals surface area contributed by atoms with E-state index >= 15 is 0 Å². The van der Waals surface area contributed by atoms with Crippen LogP contribution in [0.4, 0.5) is 0 Å². The van der Waals surface area contributed by atoms with Crippen LogP contribution in [-0.2, 0) is 16.6 Å². The predicted molar refractivity (Wildman–Crippen MR) is 74.9 cm³/mol. The number of hydrogen-bond donors (Lipinski definition) is 0. The number of aromatic nitrogens is 1. The molecule has 0 unspecified atom stereocenters. The molecule has 1 saturated heterocycles. The Labute approximate surface area is 119 Å². The number of carboxylic acids is 1. The van der Waals surface area contributed by atoms with E-state index in [4.69, 9.17) is 12.2 Å². The Bertz CT molecular complexity index is 577. The van der Waals surface area contributed by atoms with Gasteiger partial charge in [0.1, 0.15) is 4.32 Å². The second-order valence-electron chi connectivity index (χ2n) is 4.07. The number of thioether (sulfide) groups is 1. The van der Waals surface area contributed by atoms with Gasteiger partial charge >= 0.3 is 0 Å². The minimum absolute atomic E-state index is 0.0547. The van der Waals surface area contributed by atoms with Gasteiger partial charge in [-0.2, -0.15) is 0 Å². The summed E-state index contributed by atoms with van der Waals surface area (Å²) in [5.74, 6) is -1.44. The smallest absolute Gasteiger partial charge is 0.266 e. The first-order chi connectivity index (χ1) is 8.97. The van der Waals surface area contributed by atoms with Crippen molar-refractivity contribution in [1.82, 2.24) is 9.47 Å². The quantitative estimate of drug-likeness (QED) is 0.593. The molecule has 0 radical (unpaired) electrons. The van der Waals surface area contributed by atoms with Crippen LogP contribution >= 0.6 is 24.0 Å². The number of hydrogen-bond acceptors (Lipinski definition) is 5. The Morgan fingerprint density at radius 2 is 2.32 bits per heavy atom. The van der Waals surface area contributed by atoms with Crippen molar-refractivity contribution >= 4 is 46.3 Å². The second-order valence-corrected chi connectivity index (χ2v) is 5.74. The monoisotopic (exact) mass is 295 g/mol. The highest BCUT2D eigenvalue weighted by Crippen LogP contribution is 2.32. The van der Waals surface area contributed by atoms with Crippen LogP contribution in [0, 0.1) is 0 Å². The van der Waals surface area contributed by atoms with E-state index in [1.807, 2.05) is 30.1 Å². The van der Waals surface area contributed by atoms with Gasteiger partial charge in [-0.05, 0) is 17.7 Å². The van der Waals surface area contributed by atoms with Crippen LogP contribution < -0.4 is 5.11 Å². The van der Waals surface area contributed by atoms with Gasteiger partial charge in [-0.15, -0.1) is 0 Å². The van der Waals surface area contributed by atoms with Crippen molar-refractivity contribution in [2.45, 2.75) is 6.42 Å². The SMILES string of the molecule is Cn1ccc(/C=C2/SC(=S)N(CCC(=O)[O-])C2=O)c1. The number of carboxylic acid groups (broad SMARTS) is 1. The molecule has 0 saturated carbocycles. The summed E-state index contributed by atoms with van der Waals surface area (Å²) in [6.45, 7) is 0.0547. The molecule has 1 aromatic rings. The lowest BCUT2D eigenvalue weighted by Crippen LogP contribution is -2.33. The maximum absolute atomic E-state index is 12.1. The van der Waals surface area contributed by atoms with Crippen molar-refractivity contribution in [3.8, 4) is 0 Å². The van der Waals surface area contributed by atoms with Crippen LogP contribution in [0.2, 0.25) is 0 Å². The molecule has 19 heavy (non-hydrogen) atoms. The molecule has 0 spiro atoms. The summed E-state index contributed by atoms with van der Waals surface area (Å²) in [5.41, 5.74) is 0.905. The zero-order valence-electron chi connectivity index (χ0n) is 10.2. The van der Waals surface area contributed by atoms with Gasteiger partial charge in [0.25, 0.3) is 5.91 Å². The van der Waals surface area contributed by atoms with Gasteiger partial charge in [-0.1, -0.05) is 24.0 Å². The molecule has 100 valence electrons. The molecule has 2 heterocycles. The fourth-order valence-electron chi connectivity index (χ4n) is 1.66. The third-order valence-corrected chi connectivity index (χ3v) is 3.94.